The number of rotatable bonds is 5. The van der Waals surface area contributed by atoms with Gasteiger partial charge in [-0.3, -0.25) is 9.69 Å². The zero-order valence-electron chi connectivity index (χ0n) is 12.1. The first-order chi connectivity index (χ1) is 9.56. The average Bonchev–Trinajstić information content (AvgIpc) is 2.38. The van der Waals surface area contributed by atoms with Gasteiger partial charge >= 0.3 is 0 Å². The van der Waals surface area contributed by atoms with Crippen LogP contribution in [0, 0.1) is 13.8 Å². The van der Waals surface area contributed by atoms with E-state index in [0.29, 0.717) is 19.6 Å². The summed E-state index contributed by atoms with van der Waals surface area (Å²) in [6, 6.07) is 5.97. The Hall–Kier alpha value is -1.59. The minimum atomic E-state index is -0.597. The highest BCUT2D eigenvalue weighted by Crippen LogP contribution is 2.22. The SMILES string of the molecule is Cc1cccc(C)c1OCC(O)CN1CCNC(=O)C1. The molecule has 5 heteroatoms. The average molecular weight is 278 g/mol. The molecule has 110 valence electrons. The largest absolute Gasteiger partial charge is 0.490 e. The van der Waals surface area contributed by atoms with E-state index in [9.17, 15) is 9.90 Å². The Bertz CT molecular complexity index is 456. The number of aliphatic hydroxyl groups excluding tert-OH is 1. The van der Waals surface area contributed by atoms with E-state index in [0.717, 1.165) is 23.4 Å². The molecule has 1 amide bonds. The Kier molecular flexibility index (Phi) is 4.98. The summed E-state index contributed by atoms with van der Waals surface area (Å²) in [6.45, 7) is 6.44. The fourth-order valence-corrected chi connectivity index (χ4v) is 2.40. The highest BCUT2D eigenvalue weighted by atomic mass is 16.5. The van der Waals surface area contributed by atoms with Crippen molar-refractivity contribution < 1.29 is 14.6 Å². The van der Waals surface area contributed by atoms with Gasteiger partial charge in [0.2, 0.25) is 5.91 Å². The zero-order chi connectivity index (χ0) is 14.5. The van der Waals surface area contributed by atoms with Gasteiger partial charge in [0.25, 0.3) is 0 Å². The van der Waals surface area contributed by atoms with E-state index in [2.05, 4.69) is 5.32 Å². The molecule has 0 radical (unpaired) electrons. The second-order valence-corrected chi connectivity index (χ2v) is 5.27. The highest BCUT2D eigenvalue weighted by molar-refractivity contribution is 5.78. The predicted molar refractivity (Wildman–Crippen MR) is 76.9 cm³/mol. The van der Waals surface area contributed by atoms with Crippen LogP contribution in [-0.2, 0) is 4.79 Å². The summed E-state index contributed by atoms with van der Waals surface area (Å²) in [5.74, 6) is 0.849. The monoisotopic (exact) mass is 278 g/mol. The van der Waals surface area contributed by atoms with Crippen molar-refractivity contribution in [3.63, 3.8) is 0 Å². The van der Waals surface area contributed by atoms with E-state index in [1.54, 1.807) is 0 Å². The fourth-order valence-electron chi connectivity index (χ4n) is 2.40. The lowest BCUT2D eigenvalue weighted by Gasteiger charge is -2.28. The normalized spacial score (nSPS) is 17.6. The van der Waals surface area contributed by atoms with E-state index in [1.165, 1.54) is 0 Å². The van der Waals surface area contributed by atoms with Crippen molar-refractivity contribution >= 4 is 5.91 Å². The number of β-amino-alcohol motifs (C(OH)–C–C–N with tert-alkyl or cyclic N) is 1. The van der Waals surface area contributed by atoms with E-state index in [4.69, 9.17) is 4.74 Å². The van der Waals surface area contributed by atoms with Crippen LogP contribution >= 0.6 is 0 Å². The second kappa shape index (κ2) is 6.72. The molecule has 1 fully saturated rings. The molecule has 5 nitrogen and oxygen atoms in total. The van der Waals surface area contributed by atoms with Crippen molar-refractivity contribution in [1.82, 2.24) is 10.2 Å². The molecule has 1 saturated heterocycles. The number of benzene rings is 1. The topological polar surface area (TPSA) is 61.8 Å². The number of aryl methyl sites for hydroxylation is 2. The summed E-state index contributed by atoms with van der Waals surface area (Å²) >= 11 is 0. The quantitative estimate of drug-likeness (QED) is 0.822. The Balaban J connectivity index is 1.83. The zero-order valence-corrected chi connectivity index (χ0v) is 12.1. The molecule has 1 unspecified atom stereocenters. The second-order valence-electron chi connectivity index (χ2n) is 5.27. The van der Waals surface area contributed by atoms with Crippen LogP contribution in [0.5, 0.6) is 5.75 Å². The number of nitrogens with one attached hydrogen (secondary N) is 1. The number of amides is 1. The van der Waals surface area contributed by atoms with Crippen LogP contribution in [-0.4, -0.2) is 54.8 Å². The van der Waals surface area contributed by atoms with Crippen LogP contribution in [0.4, 0.5) is 0 Å². The van der Waals surface area contributed by atoms with Crippen molar-refractivity contribution in [2.45, 2.75) is 20.0 Å². The number of aliphatic hydroxyl groups is 1. The maximum atomic E-state index is 11.3. The third kappa shape index (κ3) is 3.95. The number of hydrogen-bond acceptors (Lipinski definition) is 4. The Morgan fingerprint density at radius 1 is 1.40 bits per heavy atom. The molecule has 0 bridgehead atoms. The van der Waals surface area contributed by atoms with Crippen molar-refractivity contribution in [2.75, 3.05) is 32.8 Å². The minimum Gasteiger partial charge on any atom is -0.490 e. The first kappa shape index (κ1) is 14.8. The molecule has 0 spiro atoms. The van der Waals surface area contributed by atoms with Gasteiger partial charge in [-0.25, -0.2) is 0 Å². The highest BCUT2D eigenvalue weighted by Gasteiger charge is 2.19. The molecular weight excluding hydrogens is 256 g/mol. The minimum absolute atomic E-state index is 0.0131. The lowest BCUT2D eigenvalue weighted by molar-refractivity contribution is -0.124. The maximum Gasteiger partial charge on any atom is 0.234 e. The lowest BCUT2D eigenvalue weighted by atomic mass is 10.1. The lowest BCUT2D eigenvalue weighted by Crippen LogP contribution is -2.50. The summed E-state index contributed by atoms with van der Waals surface area (Å²) in [7, 11) is 0. The molecule has 0 aliphatic carbocycles. The van der Waals surface area contributed by atoms with Crippen LogP contribution < -0.4 is 10.1 Å². The molecule has 1 aliphatic heterocycles. The molecular formula is C15H22N2O3. The van der Waals surface area contributed by atoms with Crippen LogP contribution in [0.25, 0.3) is 0 Å². The summed E-state index contributed by atoms with van der Waals surface area (Å²) in [5, 5.41) is 12.8. The Morgan fingerprint density at radius 3 is 2.75 bits per heavy atom. The maximum absolute atomic E-state index is 11.3. The molecule has 1 aromatic carbocycles. The molecule has 1 heterocycles. The number of hydrogen-bond donors (Lipinski definition) is 2. The molecule has 1 atom stereocenters. The van der Waals surface area contributed by atoms with E-state index >= 15 is 0 Å². The first-order valence-electron chi connectivity index (χ1n) is 6.92. The molecule has 2 N–H and O–H groups in total. The predicted octanol–water partition coefficient (Wildman–Crippen LogP) is 0.475. The smallest absolute Gasteiger partial charge is 0.234 e. The number of nitrogens with zero attached hydrogens (tertiary/aromatic N) is 1. The van der Waals surface area contributed by atoms with Gasteiger partial charge in [-0.1, -0.05) is 18.2 Å². The molecule has 1 aromatic rings. The molecule has 2 rings (SSSR count). The van der Waals surface area contributed by atoms with Gasteiger partial charge in [0.15, 0.2) is 0 Å². The molecule has 20 heavy (non-hydrogen) atoms. The van der Waals surface area contributed by atoms with Gasteiger partial charge in [0.05, 0.1) is 6.54 Å². The van der Waals surface area contributed by atoms with Crippen LogP contribution in [0.3, 0.4) is 0 Å². The fraction of sp³-hybridized carbons (Fsp3) is 0.533. The van der Waals surface area contributed by atoms with Crippen molar-refractivity contribution in [1.29, 1.82) is 0 Å². The summed E-state index contributed by atoms with van der Waals surface area (Å²) < 4.78 is 5.72. The number of para-hydroxylation sites is 1. The summed E-state index contributed by atoms with van der Waals surface area (Å²) in [5.41, 5.74) is 2.13. The third-order valence-corrected chi connectivity index (χ3v) is 3.42. The number of carbonyl (C=O) groups excluding carboxylic acids is 1. The van der Waals surface area contributed by atoms with Crippen LogP contribution in [0.15, 0.2) is 18.2 Å². The number of ether oxygens (including phenoxy) is 1. The summed E-state index contributed by atoms with van der Waals surface area (Å²) in [6.07, 6.45) is -0.597. The van der Waals surface area contributed by atoms with Crippen molar-refractivity contribution in [2.24, 2.45) is 0 Å². The van der Waals surface area contributed by atoms with Crippen molar-refractivity contribution in [3.05, 3.63) is 29.3 Å². The number of carbonyl (C=O) groups is 1. The third-order valence-electron chi connectivity index (χ3n) is 3.42. The number of piperazine rings is 1. The van der Waals surface area contributed by atoms with Crippen LogP contribution in [0.2, 0.25) is 0 Å². The molecule has 0 aromatic heterocycles. The van der Waals surface area contributed by atoms with Crippen molar-refractivity contribution in [3.8, 4) is 5.75 Å². The van der Waals surface area contributed by atoms with E-state index in [-0.39, 0.29) is 12.5 Å². The van der Waals surface area contributed by atoms with E-state index in [1.807, 2.05) is 36.9 Å². The first-order valence-corrected chi connectivity index (χ1v) is 6.92. The molecule has 0 saturated carbocycles. The van der Waals surface area contributed by atoms with Gasteiger partial charge in [-0.15, -0.1) is 0 Å². The Morgan fingerprint density at radius 2 is 2.10 bits per heavy atom. The summed E-state index contributed by atoms with van der Waals surface area (Å²) in [4.78, 5) is 13.2. The van der Waals surface area contributed by atoms with Gasteiger partial charge in [0.1, 0.15) is 18.5 Å². The Labute approximate surface area is 119 Å². The van der Waals surface area contributed by atoms with Gasteiger partial charge < -0.3 is 15.2 Å². The van der Waals surface area contributed by atoms with Crippen LogP contribution in [0.1, 0.15) is 11.1 Å². The van der Waals surface area contributed by atoms with Gasteiger partial charge in [-0.2, -0.15) is 0 Å². The van der Waals surface area contributed by atoms with E-state index < -0.39 is 6.10 Å². The van der Waals surface area contributed by atoms with Gasteiger partial charge in [-0.05, 0) is 25.0 Å². The molecule has 1 aliphatic rings. The van der Waals surface area contributed by atoms with Gasteiger partial charge in [0, 0.05) is 19.6 Å². The standard InChI is InChI=1S/C15H22N2O3/c1-11-4-3-5-12(2)15(11)20-10-13(18)8-17-7-6-16-14(19)9-17/h3-5,13,18H,6-10H2,1-2H3,(H,16,19).